The Morgan fingerprint density at radius 2 is 1.92 bits per heavy atom. The highest BCUT2D eigenvalue weighted by atomic mass is 16.5. The minimum Gasteiger partial charge on any atom is -0.450 e. The largest absolute Gasteiger partial charge is 0.450 e. The molecule has 1 aromatic heterocycles. The number of amides is 2. The molecule has 0 atom stereocenters. The fraction of sp³-hybridized carbons (Fsp3) is 0.444. The van der Waals surface area contributed by atoms with E-state index in [1.165, 1.54) is 0 Å². The number of benzene rings is 1. The second-order valence-electron chi connectivity index (χ2n) is 6.07. The van der Waals surface area contributed by atoms with E-state index in [1.54, 1.807) is 25.1 Å². The summed E-state index contributed by atoms with van der Waals surface area (Å²) >= 11 is 0. The third-order valence-electron chi connectivity index (χ3n) is 3.69. The molecular weight excluding hydrogens is 336 g/mol. The van der Waals surface area contributed by atoms with Crippen LogP contribution in [0.5, 0.6) is 0 Å². The van der Waals surface area contributed by atoms with Gasteiger partial charge in [0.2, 0.25) is 11.8 Å². The normalized spacial score (nSPS) is 10.7. The van der Waals surface area contributed by atoms with Crippen molar-refractivity contribution < 1.29 is 18.8 Å². The Balaban J connectivity index is 1.94. The van der Waals surface area contributed by atoms with E-state index in [1.807, 2.05) is 20.8 Å². The summed E-state index contributed by atoms with van der Waals surface area (Å²) in [6.45, 7) is 7.78. The molecule has 0 aliphatic heterocycles. The maximum absolute atomic E-state index is 12.2. The molecule has 2 N–H and O–H groups in total. The van der Waals surface area contributed by atoms with Gasteiger partial charge in [-0.3, -0.25) is 10.1 Å². The van der Waals surface area contributed by atoms with Crippen molar-refractivity contribution in [2.24, 2.45) is 0 Å². The summed E-state index contributed by atoms with van der Waals surface area (Å²) in [5, 5.41) is 9.36. The van der Waals surface area contributed by atoms with Crippen LogP contribution in [0, 0.1) is 6.92 Å². The smallest absolute Gasteiger partial charge is 0.411 e. The highest BCUT2D eigenvalue weighted by Crippen LogP contribution is 2.23. The maximum atomic E-state index is 12.2. The number of hydrogen-bond donors (Lipinski definition) is 2. The second kappa shape index (κ2) is 8.98. The van der Waals surface area contributed by atoms with Crippen molar-refractivity contribution in [3.8, 4) is 0 Å². The van der Waals surface area contributed by atoms with Crippen LogP contribution >= 0.6 is 0 Å². The Morgan fingerprint density at radius 3 is 2.54 bits per heavy atom. The van der Waals surface area contributed by atoms with Crippen LogP contribution in [0.25, 0.3) is 0 Å². The Morgan fingerprint density at radius 1 is 1.23 bits per heavy atom. The molecule has 0 spiro atoms. The number of hydrogen-bond acceptors (Lipinski definition) is 6. The molecule has 140 valence electrons. The highest BCUT2D eigenvalue weighted by molar-refractivity contribution is 5.94. The molecule has 2 rings (SSSR count). The van der Waals surface area contributed by atoms with Crippen molar-refractivity contribution in [1.82, 2.24) is 10.1 Å². The van der Waals surface area contributed by atoms with Crippen molar-refractivity contribution >= 4 is 23.4 Å². The van der Waals surface area contributed by atoms with Gasteiger partial charge >= 0.3 is 6.09 Å². The van der Waals surface area contributed by atoms with Gasteiger partial charge in [0.05, 0.1) is 6.61 Å². The standard InChI is InChI=1S/C18H24N4O4/c1-5-25-18(24)20-14-8-6-7-13(12(14)4)19-15(23)9-10-16-21-17(11(2)3)22-26-16/h6-8,11H,5,9-10H2,1-4H3,(H,19,23)(H,20,24). The quantitative estimate of drug-likeness (QED) is 0.781. The van der Waals surface area contributed by atoms with Crippen molar-refractivity contribution in [3.05, 3.63) is 35.5 Å². The zero-order valence-electron chi connectivity index (χ0n) is 15.5. The topological polar surface area (TPSA) is 106 Å². The number of aromatic nitrogens is 2. The summed E-state index contributed by atoms with van der Waals surface area (Å²) in [5.74, 6) is 1.08. The summed E-state index contributed by atoms with van der Waals surface area (Å²) in [4.78, 5) is 28.0. The van der Waals surface area contributed by atoms with E-state index in [2.05, 4.69) is 20.8 Å². The number of nitrogens with one attached hydrogen (secondary N) is 2. The number of nitrogens with zero attached hydrogens (tertiary/aromatic N) is 2. The average molecular weight is 360 g/mol. The zero-order chi connectivity index (χ0) is 19.1. The Hall–Kier alpha value is -2.90. The summed E-state index contributed by atoms with van der Waals surface area (Å²) in [7, 11) is 0. The van der Waals surface area contributed by atoms with Crippen LogP contribution in [0.3, 0.4) is 0 Å². The van der Waals surface area contributed by atoms with Crippen molar-refractivity contribution in [2.45, 2.75) is 46.5 Å². The van der Waals surface area contributed by atoms with Gasteiger partial charge < -0.3 is 14.6 Å². The molecule has 0 aliphatic rings. The van der Waals surface area contributed by atoms with Crippen LogP contribution in [0.15, 0.2) is 22.7 Å². The Bertz CT molecular complexity index is 770. The van der Waals surface area contributed by atoms with Gasteiger partial charge in [-0.2, -0.15) is 4.98 Å². The van der Waals surface area contributed by atoms with Gasteiger partial charge in [-0.1, -0.05) is 25.1 Å². The maximum Gasteiger partial charge on any atom is 0.411 e. The molecule has 0 unspecified atom stereocenters. The minimum absolute atomic E-state index is 0.175. The van der Waals surface area contributed by atoms with E-state index in [0.717, 1.165) is 5.56 Å². The molecule has 26 heavy (non-hydrogen) atoms. The number of aryl methyl sites for hydroxylation is 1. The van der Waals surface area contributed by atoms with Crippen LogP contribution < -0.4 is 10.6 Å². The Kier molecular flexibility index (Phi) is 6.71. The fourth-order valence-electron chi connectivity index (χ4n) is 2.22. The molecule has 1 aromatic carbocycles. The monoisotopic (exact) mass is 360 g/mol. The van der Waals surface area contributed by atoms with Crippen LogP contribution in [0.2, 0.25) is 0 Å². The minimum atomic E-state index is -0.531. The van der Waals surface area contributed by atoms with E-state index in [0.29, 0.717) is 29.5 Å². The first kappa shape index (κ1) is 19.4. The van der Waals surface area contributed by atoms with Crippen molar-refractivity contribution in [2.75, 3.05) is 17.2 Å². The summed E-state index contributed by atoms with van der Waals surface area (Å²) < 4.78 is 10.0. The van der Waals surface area contributed by atoms with Gasteiger partial charge in [0.1, 0.15) is 0 Å². The van der Waals surface area contributed by atoms with E-state index in [4.69, 9.17) is 9.26 Å². The SMILES string of the molecule is CCOC(=O)Nc1cccc(NC(=O)CCc2nc(C(C)C)no2)c1C. The van der Waals surface area contributed by atoms with Gasteiger partial charge in [-0.05, 0) is 31.5 Å². The van der Waals surface area contributed by atoms with E-state index < -0.39 is 6.09 Å². The first-order chi connectivity index (χ1) is 12.4. The first-order valence-corrected chi connectivity index (χ1v) is 8.56. The van der Waals surface area contributed by atoms with Gasteiger partial charge in [0.15, 0.2) is 5.82 Å². The molecule has 0 saturated carbocycles. The molecular formula is C18H24N4O4. The lowest BCUT2D eigenvalue weighted by Gasteiger charge is -2.13. The number of ether oxygens (including phenoxy) is 1. The average Bonchev–Trinajstić information content (AvgIpc) is 3.06. The number of carbonyl (C=O) groups excluding carboxylic acids is 2. The molecule has 0 fully saturated rings. The van der Waals surface area contributed by atoms with Crippen molar-refractivity contribution in [3.63, 3.8) is 0 Å². The van der Waals surface area contributed by atoms with Gasteiger partial charge in [0.25, 0.3) is 0 Å². The van der Waals surface area contributed by atoms with Crippen molar-refractivity contribution in [1.29, 1.82) is 0 Å². The summed E-state index contributed by atoms with van der Waals surface area (Å²) in [6, 6.07) is 5.26. The zero-order valence-corrected chi connectivity index (χ0v) is 15.5. The lowest BCUT2D eigenvalue weighted by molar-refractivity contribution is -0.116. The molecule has 0 radical (unpaired) electrons. The van der Waals surface area contributed by atoms with Crippen LogP contribution in [-0.4, -0.2) is 28.7 Å². The van der Waals surface area contributed by atoms with Gasteiger partial charge in [0, 0.05) is 30.1 Å². The molecule has 8 nitrogen and oxygen atoms in total. The number of rotatable bonds is 7. The lowest BCUT2D eigenvalue weighted by Crippen LogP contribution is -2.16. The molecule has 1 heterocycles. The fourth-order valence-corrected chi connectivity index (χ4v) is 2.22. The van der Waals surface area contributed by atoms with Crippen LogP contribution in [-0.2, 0) is 16.0 Å². The van der Waals surface area contributed by atoms with E-state index in [9.17, 15) is 9.59 Å². The third-order valence-corrected chi connectivity index (χ3v) is 3.69. The predicted molar refractivity (Wildman–Crippen MR) is 97.2 cm³/mol. The van der Waals surface area contributed by atoms with Gasteiger partial charge in [-0.15, -0.1) is 0 Å². The molecule has 0 bridgehead atoms. The molecule has 0 aliphatic carbocycles. The molecule has 2 amide bonds. The Labute approximate surface area is 152 Å². The molecule has 2 aromatic rings. The number of carbonyl (C=O) groups is 2. The third kappa shape index (κ3) is 5.30. The molecule has 0 saturated heterocycles. The highest BCUT2D eigenvalue weighted by Gasteiger charge is 2.13. The first-order valence-electron chi connectivity index (χ1n) is 8.56. The van der Waals surface area contributed by atoms with E-state index >= 15 is 0 Å². The van der Waals surface area contributed by atoms with Crippen LogP contribution in [0.4, 0.5) is 16.2 Å². The van der Waals surface area contributed by atoms with Gasteiger partial charge in [-0.25, -0.2) is 4.79 Å². The molecule has 8 heteroatoms. The van der Waals surface area contributed by atoms with Crippen LogP contribution in [0.1, 0.15) is 50.4 Å². The predicted octanol–water partition coefficient (Wildman–Crippen LogP) is 3.64. The summed E-state index contributed by atoms with van der Waals surface area (Å²) in [5.41, 5.74) is 1.95. The summed E-state index contributed by atoms with van der Waals surface area (Å²) in [6.07, 6.45) is 0.0523. The van der Waals surface area contributed by atoms with E-state index in [-0.39, 0.29) is 24.9 Å². The lowest BCUT2D eigenvalue weighted by atomic mass is 10.1. The number of anilines is 2. The second-order valence-corrected chi connectivity index (χ2v) is 6.07.